The first kappa shape index (κ1) is 20.5. The van der Waals surface area contributed by atoms with E-state index >= 15 is 0 Å². The van der Waals surface area contributed by atoms with Crippen LogP contribution in [0.3, 0.4) is 0 Å². The molecule has 4 nitrogen and oxygen atoms in total. The number of carbonyl (C=O) groups excluding carboxylic acids is 1. The topological polar surface area (TPSA) is 35.6 Å². The van der Waals surface area contributed by atoms with Crippen LogP contribution in [0.2, 0.25) is 0 Å². The lowest BCUT2D eigenvalue weighted by molar-refractivity contribution is 0.0951. The van der Waals surface area contributed by atoms with Crippen molar-refractivity contribution in [2.24, 2.45) is 0 Å². The zero-order chi connectivity index (χ0) is 21.1. The fourth-order valence-corrected chi connectivity index (χ4v) is 4.41. The van der Waals surface area contributed by atoms with Gasteiger partial charge in [0.15, 0.2) is 0 Å². The number of benzene rings is 3. The number of halogens is 1. The number of amides is 1. The molecule has 1 aliphatic rings. The van der Waals surface area contributed by atoms with Crippen LogP contribution >= 0.6 is 15.9 Å². The Hall–Kier alpha value is -2.79. The molecule has 4 rings (SSSR count). The van der Waals surface area contributed by atoms with Crippen LogP contribution in [0.4, 0.5) is 11.4 Å². The minimum absolute atomic E-state index is 0.0568. The van der Waals surface area contributed by atoms with Gasteiger partial charge in [-0.05, 0) is 53.9 Å². The van der Waals surface area contributed by atoms with Crippen LogP contribution in [-0.2, 0) is 6.42 Å². The van der Waals surface area contributed by atoms with Gasteiger partial charge in [-0.25, -0.2) is 0 Å². The maximum Gasteiger partial charge on any atom is 0.251 e. The van der Waals surface area contributed by atoms with Crippen molar-refractivity contribution in [3.63, 3.8) is 0 Å². The predicted molar refractivity (Wildman–Crippen MR) is 127 cm³/mol. The Balaban J connectivity index is 1.60. The van der Waals surface area contributed by atoms with Crippen molar-refractivity contribution in [2.45, 2.75) is 12.5 Å². The first-order valence-electron chi connectivity index (χ1n) is 10.2. The van der Waals surface area contributed by atoms with Crippen LogP contribution in [0.5, 0.6) is 0 Å². The van der Waals surface area contributed by atoms with E-state index in [-0.39, 0.29) is 11.9 Å². The highest BCUT2D eigenvalue weighted by atomic mass is 79.9. The molecule has 0 fully saturated rings. The van der Waals surface area contributed by atoms with Crippen LogP contribution in [0.15, 0.2) is 77.3 Å². The first-order valence-corrected chi connectivity index (χ1v) is 11.0. The molecule has 1 atom stereocenters. The monoisotopic (exact) mass is 463 g/mol. The highest BCUT2D eigenvalue weighted by Crippen LogP contribution is 2.35. The summed E-state index contributed by atoms with van der Waals surface area (Å²) in [6.45, 7) is 1.49. The maximum absolute atomic E-state index is 12.8. The second kappa shape index (κ2) is 8.92. The molecule has 154 valence electrons. The Morgan fingerprint density at radius 1 is 1.07 bits per heavy atom. The van der Waals surface area contributed by atoms with E-state index in [9.17, 15) is 4.79 Å². The van der Waals surface area contributed by atoms with Crippen molar-refractivity contribution in [3.05, 3.63) is 94.0 Å². The molecule has 0 spiro atoms. The molecule has 3 aromatic carbocycles. The van der Waals surface area contributed by atoms with Crippen LogP contribution in [-0.4, -0.2) is 33.1 Å². The third kappa shape index (κ3) is 4.36. The number of hydrogen-bond acceptors (Lipinski definition) is 3. The van der Waals surface area contributed by atoms with Crippen molar-refractivity contribution in [1.82, 2.24) is 5.32 Å². The number of carbonyl (C=O) groups is 1. The standard InChI is InChI=1S/C25H26BrN3O/c1-28(2)22-12-10-19(11-13-22)24(29-15-14-18-6-3-4-9-23(18)29)17-27-25(30)20-7-5-8-21(26)16-20/h3-13,16,24H,14-15,17H2,1-2H3,(H,27,30)/t24-/m0/s1. The van der Waals surface area contributed by atoms with E-state index in [0.717, 1.165) is 23.1 Å². The molecular weight excluding hydrogens is 438 g/mol. The van der Waals surface area contributed by atoms with Gasteiger partial charge in [-0.2, -0.15) is 0 Å². The number of para-hydroxylation sites is 1. The quantitative estimate of drug-likeness (QED) is 0.555. The van der Waals surface area contributed by atoms with E-state index in [1.54, 1.807) is 0 Å². The Bertz CT molecular complexity index is 1030. The second-order valence-electron chi connectivity index (χ2n) is 7.79. The summed E-state index contributed by atoms with van der Waals surface area (Å²) in [6.07, 6.45) is 1.03. The Morgan fingerprint density at radius 3 is 2.57 bits per heavy atom. The number of hydrogen-bond donors (Lipinski definition) is 1. The molecule has 0 aliphatic carbocycles. The average molecular weight is 464 g/mol. The summed E-state index contributed by atoms with van der Waals surface area (Å²) in [5.41, 5.74) is 5.65. The zero-order valence-electron chi connectivity index (χ0n) is 17.3. The van der Waals surface area contributed by atoms with Gasteiger partial charge in [-0.15, -0.1) is 0 Å². The first-order chi connectivity index (χ1) is 14.5. The Labute approximate surface area is 186 Å². The van der Waals surface area contributed by atoms with E-state index in [1.165, 1.54) is 16.8 Å². The average Bonchev–Trinajstić information content (AvgIpc) is 3.18. The van der Waals surface area contributed by atoms with Crippen LogP contribution in [0, 0.1) is 0 Å². The predicted octanol–water partition coefficient (Wildman–Crippen LogP) is 5.05. The lowest BCUT2D eigenvalue weighted by Crippen LogP contribution is -2.37. The molecule has 0 bridgehead atoms. The van der Waals surface area contributed by atoms with Gasteiger partial charge >= 0.3 is 0 Å². The van der Waals surface area contributed by atoms with Crippen LogP contribution < -0.4 is 15.1 Å². The fraction of sp³-hybridized carbons (Fsp3) is 0.240. The van der Waals surface area contributed by atoms with Gasteiger partial charge in [0.2, 0.25) is 0 Å². The van der Waals surface area contributed by atoms with E-state index < -0.39 is 0 Å². The van der Waals surface area contributed by atoms with E-state index in [1.807, 2.05) is 38.4 Å². The molecule has 30 heavy (non-hydrogen) atoms. The molecule has 1 N–H and O–H groups in total. The van der Waals surface area contributed by atoms with Gasteiger partial charge in [0.05, 0.1) is 6.04 Å². The molecule has 0 saturated heterocycles. The molecule has 5 heteroatoms. The van der Waals surface area contributed by atoms with E-state index in [0.29, 0.717) is 12.1 Å². The number of fused-ring (bicyclic) bond motifs is 1. The van der Waals surface area contributed by atoms with Gasteiger partial charge in [0.1, 0.15) is 0 Å². The smallest absolute Gasteiger partial charge is 0.251 e. The number of anilines is 2. The second-order valence-corrected chi connectivity index (χ2v) is 8.71. The molecule has 0 aromatic heterocycles. The molecular formula is C25H26BrN3O. The Morgan fingerprint density at radius 2 is 1.83 bits per heavy atom. The Kier molecular flexibility index (Phi) is 6.09. The maximum atomic E-state index is 12.8. The summed E-state index contributed by atoms with van der Waals surface area (Å²) in [5.74, 6) is -0.0568. The highest BCUT2D eigenvalue weighted by Gasteiger charge is 2.27. The van der Waals surface area contributed by atoms with E-state index in [4.69, 9.17) is 0 Å². The summed E-state index contributed by atoms with van der Waals surface area (Å²) in [6, 6.07) is 24.7. The molecule has 0 unspecified atom stereocenters. The minimum atomic E-state index is -0.0568. The molecule has 3 aromatic rings. The third-order valence-electron chi connectivity index (χ3n) is 5.64. The molecule has 1 aliphatic heterocycles. The summed E-state index contributed by atoms with van der Waals surface area (Å²) in [5, 5.41) is 3.16. The minimum Gasteiger partial charge on any atom is -0.378 e. The van der Waals surface area contributed by atoms with Crippen molar-refractivity contribution in [3.8, 4) is 0 Å². The number of nitrogens with zero attached hydrogens (tertiary/aromatic N) is 2. The number of nitrogens with one attached hydrogen (secondary N) is 1. The fourth-order valence-electron chi connectivity index (χ4n) is 4.01. The molecule has 0 saturated carbocycles. The summed E-state index contributed by atoms with van der Waals surface area (Å²) in [7, 11) is 4.09. The van der Waals surface area contributed by atoms with Gasteiger partial charge in [0.25, 0.3) is 5.91 Å². The van der Waals surface area contributed by atoms with Gasteiger partial charge in [0, 0.05) is 48.6 Å². The van der Waals surface area contributed by atoms with Crippen molar-refractivity contribution in [1.29, 1.82) is 0 Å². The van der Waals surface area contributed by atoms with Gasteiger partial charge < -0.3 is 15.1 Å². The van der Waals surface area contributed by atoms with Gasteiger partial charge in [-0.1, -0.05) is 52.3 Å². The lowest BCUT2D eigenvalue weighted by atomic mass is 10.0. The normalized spacial score (nSPS) is 13.6. The highest BCUT2D eigenvalue weighted by molar-refractivity contribution is 9.10. The van der Waals surface area contributed by atoms with Crippen LogP contribution in [0.25, 0.3) is 0 Å². The largest absolute Gasteiger partial charge is 0.378 e. The summed E-state index contributed by atoms with van der Waals surface area (Å²) >= 11 is 3.45. The summed E-state index contributed by atoms with van der Waals surface area (Å²) in [4.78, 5) is 17.3. The molecule has 1 heterocycles. The van der Waals surface area contributed by atoms with Crippen molar-refractivity contribution < 1.29 is 4.79 Å². The number of rotatable bonds is 6. The SMILES string of the molecule is CN(C)c1ccc([C@H](CNC(=O)c2cccc(Br)c2)N2CCc3ccccc32)cc1. The lowest BCUT2D eigenvalue weighted by Gasteiger charge is -2.31. The van der Waals surface area contributed by atoms with Crippen molar-refractivity contribution in [2.75, 3.05) is 37.0 Å². The van der Waals surface area contributed by atoms with Crippen LogP contribution in [0.1, 0.15) is 27.5 Å². The molecule has 0 radical (unpaired) electrons. The molecule has 1 amide bonds. The summed E-state index contributed by atoms with van der Waals surface area (Å²) < 4.78 is 0.902. The zero-order valence-corrected chi connectivity index (χ0v) is 18.9. The third-order valence-corrected chi connectivity index (χ3v) is 6.13. The van der Waals surface area contributed by atoms with Crippen molar-refractivity contribution >= 4 is 33.2 Å². The van der Waals surface area contributed by atoms with Gasteiger partial charge in [-0.3, -0.25) is 4.79 Å². The van der Waals surface area contributed by atoms with E-state index in [2.05, 4.69) is 79.6 Å².